The third kappa shape index (κ3) is 5.42. The highest BCUT2D eigenvalue weighted by Crippen LogP contribution is 2.34. The van der Waals surface area contributed by atoms with Crippen LogP contribution >= 0.6 is 0 Å². The first-order chi connectivity index (χ1) is 14.8. The Labute approximate surface area is 182 Å². The van der Waals surface area contributed by atoms with Gasteiger partial charge in [-0.05, 0) is 44.0 Å². The van der Waals surface area contributed by atoms with Crippen molar-refractivity contribution in [2.24, 2.45) is 5.92 Å². The van der Waals surface area contributed by atoms with E-state index in [2.05, 4.69) is 5.32 Å². The number of hydrogen-bond donors (Lipinski definition) is 1. The van der Waals surface area contributed by atoms with Gasteiger partial charge in [-0.3, -0.25) is 14.4 Å². The largest absolute Gasteiger partial charge is 0.495 e. The molecule has 0 bridgehead atoms. The Morgan fingerprint density at radius 1 is 1.13 bits per heavy atom. The second kappa shape index (κ2) is 9.64. The number of esters is 1. The van der Waals surface area contributed by atoms with Crippen molar-refractivity contribution in [1.82, 2.24) is 5.32 Å². The lowest BCUT2D eigenvalue weighted by atomic mass is 10.1. The lowest BCUT2D eigenvalue weighted by Gasteiger charge is -2.20. The second-order valence-electron chi connectivity index (χ2n) is 7.86. The molecule has 0 unspecified atom stereocenters. The van der Waals surface area contributed by atoms with Gasteiger partial charge in [-0.25, -0.2) is 0 Å². The number of amides is 2. The first-order valence-electron chi connectivity index (χ1n) is 10.3. The summed E-state index contributed by atoms with van der Waals surface area (Å²) in [5.74, 6) is -1.18. The van der Waals surface area contributed by atoms with Crippen molar-refractivity contribution in [2.45, 2.75) is 39.8 Å². The predicted molar refractivity (Wildman–Crippen MR) is 117 cm³/mol. The molecular formula is C24H28N2O5. The van der Waals surface area contributed by atoms with Gasteiger partial charge in [0.25, 0.3) is 5.91 Å². The molecule has 7 heteroatoms. The van der Waals surface area contributed by atoms with Crippen molar-refractivity contribution in [3.8, 4) is 5.75 Å². The van der Waals surface area contributed by atoms with Gasteiger partial charge in [0, 0.05) is 19.5 Å². The van der Waals surface area contributed by atoms with E-state index in [0.717, 1.165) is 16.7 Å². The SMILES string of the molecule is COc1ccc(C)cc1N1C[C@H](C(=O)O[C@@H](C)C(=O)NCc2ccc(C)cc2)CC1=O. The maximum Gasteiger partial charge on any atom is 0.312 e. The zero-order chi connectivity index (χ0) is 22.5. The predicted octanol–water partition coefficient (Wildman–Crippen LogP) is 2.91. The van der Waals surface area contributed by atoms with Gasteiger partial charge in [0.05, 0.1) is 18.7 Å². The Bertz CT molecular complexity index is 970. The molecular weight excluding hydrogens is 396 g/mol. The quantitative estimate of drug-likeness (QED) is 0.691. The van der Waals surface area contributed by atoms with Crippen LogP contribution in [0.3, 0.4) is 0 Å². The van der Waals surface area contributed by atoms with Crippen LogP contribution in [0.15, 0.2) is 42.5 Å². The van der Waals surface area contributed by atoms with E-state index in [4.69, 9.17) is 9.47 Å². The number of aryl methyl sites for hydroxylation is 2. The van der Waals surface area contributed by atoms with Crippen LogP contribution in [0.2, 0.25) is 0 Å². The van der Waals surface area contributed by atoms with Crippen molar-refractivity contribution in [3.05, 3.63) is 59.2 Å². The molecule has 0 spiro atoms. The van der Waals surface area contributed by atoms with Crippen LogP contribution in [0.4, 0.5) is 5.69 Å². The molecule has 0 radical (unpaired) electrons. The number of nitrogens with zero attached hydrogens (tertiary/aromatic N) is 1. The van der Waals surface area contributed by atoms with Crippen LogP contribution in [0.5, 0.6) is 5.75 Å². The van der Waals surface area contributed by atoms with Crippen molar-refractivity contribution in [3.63, 3.8) is 0 Å². The minimum Gasteiger partial charge on any atom is -0.495 e. The maximum atomic E-state index is 12.6. The lowest BCUT2D eigenvalue weighted by Crippen LogP contribution is -2.37. The van der Waals surface area contributed by atoms with Crippen LogP contribution in [0.1, 0.15) is 30.0 Å². The summed E-state index contributed by atoms with van der Waals surface area (Å²) < 4.78 is 10.7. The molecule has 0 aliphatic carbocycles. The zero-order valence-corrected chi connectivity index (χ0v) is 18.3. The normalized spacial score (nSPS) is 16.7. The fraction of sp³-hybridized carbons (Fsp3) is 0.375. The van der Waals surface area contributed by atoms with Crippen LogP contribution in [0.25, 0.3) is 0 Å². The Kier molecular flexibility index (Phi) is 6.95. The van der Waals surface area contributed by atoms with E-state index in [9.17, 15) is 14.4 Å². The third-order valence-corrected chi connectivity index (χ3v) is 5.33. The van der Waals surface area contributed by atoms with Gasteiger partial charge in [-0.2, -0.15) is 0 Å². The van der Waals surface area contributed by atoms with E-state index in [1.807, 2.05) is 50.2 Å². The minimum absolute atomic E-state index is 0.0354. The maximum absolute atomic E-state index is 12.6. The summed E-state index contributed by atoms with van der Waals surface area (Å²) in [6.45, 7) is 5.99. The molecule has 3 rings (SSSR count). The molecule has 2 amide bonds. The second-order valence-corrected chi connectivity index (χ2v) is 7.86. The summed E-state index contributed by atoms with van der Waals surface area (Å²) in [5, 5.41) is 2.77. The van der Waals surface area contributed by atoms with Crippen LogP contribution in [-0.2, 0) is 25.7 Å². The van der Waals surface area contributed by atoms with Gasteiger partial charge in [0.15, 0.2) is 6.10 Å². The number of rotatable bonds is 7. The molecule has 2 atom stereocenters. The summed E-state index contributed by atoms with van der Waals surface area (Å²) in [4.78, 5) is 39.0. The molecule has 1 heterocycles. The number of hydrogen-bond acceptors (Lipinski definition) is 5. The van der Waals surface area contributed by atoms with Gasteiger partial charge in [-0.15, -0.1) is 0 Å². The number of carbonyl (C=O) groups excluding carboxylic acids is 3. The lowest BCUT2D eigenvalue weighted by molar-refractivity contribution is -0.158. The summed E-state index contributed by atoms with van der Waals surface area (Å²) >= 11 is 0. The number of methoxy groups -OCH3 is 1. The van der Waals surface area contributed by atoms with Crippen molar-refractivity contribution < 1.29 is 23.9 Å². The molecule has 1 saturated heterocycles. The number of benzene rings is 2. The van der Waals surface area contributed by atoms with Gasteiger partial charge in [0.2, 0.25) is 5.91 Å². The number of anilines is 1. The Morgan fingerprint density at radius 2 is 1.81 bits per heavy atom. The first-order valence-corrected chi connectivity index (χ1v) is 10.3. The van der Waals surface area contributed by atoms with Gasteiger partial charge >= 0.3 is 5.97 Å². The Balaban J connectivity index is 1.57. The highest BCUT2D eigenvalue weighted by molar-refractivity contribution is 6.00. The van der Waals surface area contributed by atoms with Crippen molar-refractivity contribution >= 4 is 23.5 Å². The molecule has 31 heavy (non-hydrogen) atoms. The molecule has 1 aliphatic heterocycles. The number of carbonyl (C=O) groups is 3. The molecule has 164 valence electrons. The third-order valence-electron chi connectivity index (χ3n) is 5.33. The average Bonchev–Trinajstić information content (AvgIpc) is 3.14. The van der Waals surface area contributed by atoms with E-state index in [0.29, 0.717) is 18.0 Å². The van der Waals surface area contributed by atoms with Crippen LogP contribution in [-0.4, -0.2) is 37.5 Å². The molecule has 0 saturated carbocycles. The van der Waals surface area contributed by atoms with Crippen LogP contribution in [0, 0.1) is 19.8 Å². The van der Waals surface area contributed by atoms with Gasteiger partial charge < -0.3 is 19.7 Å². The van der Waals surface area contributed by atoms with Crippen molar-refractivity contribution in [2.75, 3.05) is 18.6 Å². The molecule has 1 N–H and O–H groups in total. The standard InChI is InChI=1S/C24H28N2O5/c1-15-5-8-18(9-6-15)13-25-23(28)17(3)31-24(29)19-12-22(27)26(14-19)20-11-16(2)7-10-21(20)30-4/h5-11,17,19H,12-14H2,1-4H3,(H,25,28)/t17-,19+/m0/s1. The highest BCUT2D eigenvalue weighted by Gasteiger charge is 2.38. The summed E-state index contributed by atoms with van der Waals surface area (Å²) in [7, 11) is 1.54. The average molecular weight is 424 g/mol. The topological polar surface area (TPSA) is 84.9 Å². The van der Waals surface area contributed by atoms with Crippen molar-refractivity contribution in [1.29, 1.82) is 0 Å². The van der Waals surface area contributed by atoms with Gasteiger partial charge in [-0.1, -0.05) is 35.9 Å². The fourth-order valence-corrected chi connectivity index (χ4v) is 3.47. The van der Waals surface area contributed by atoms with Gasteiger partial charge in [0.1, 0.15) is 5.75 Å². The molecule has 2 aromatic carbocycles. The molecule has 0 aromatic heterocycles. The van der Waals surface area contributed by atoms with Crippen LogP contribution < -0.4 is 15.0 Å². The van der Waals surface area contributed by atoms with E-state index in [1.54, 1.807) is 11.0 Å². The number of ether oxygens (including phenoxy) is 2. The fourth-order valence-electron chi connectivity index (χ4n) is 3.47. The summed E-state index contributed by atoms with van der Waals surface area (Å²) in [5.41, 5.74) is 3.71. The van der Waals surface area contributed by atoms with E-state index >= 15 is 0 Å². The zero-order valence-electron chi connectivity index (χ0n) is 18.3. The molecule has 7 nitrogen and oxygen atoms in total. The minimum atomic E-state index is -0.949. The van der Waals surface area contributed by atoms with E-state index in [-0.39, 0.29) is 24.8 Å². The first kappa shape index (κ1) is 22.3. The number of nitrogens with one attached hydrogen (secondary N) is 1. The Morgan fingerprint density at radius 3 is 2.48 bits per heavy atom. The smallest absolute Gasteiger partial charge is 0.312 e. The monoisotopic (exact) mass is 424 g/mol. The van der Waals surface area contributed by atoms with E-state index in [1.165, 1.54) is 14.0 Å². The molecule has 2 aromatic rings. The van der Waals surface area contributed by atoms with E-state index < -0.39 is 18.0 Å². The Hall–Kier alpha value is -3.35. The molecule has 1 fully saturated rings. The molecule has 1 aliphatic rings. The summed E-state index contributed by atoms with van der Waals surface area (Å²) in [6.07, 6.45) is -0.913. The highest BCUT2D eigenvalue weighted by atomic mass is 16.5. The summed E-state index contributed by atoms with van der Waals surface area (Å²) in [6, 6.07) is 13.4.